The number of nitrogens with zero attached hydrogens (tertiary/aromatic N) is 2. The zero-order valence-electron chi connectivity index (χ0n) is 11.1. The number of hydrogen-bond donors (Lipinski definition) is 1. The van der Waals surface area contributed by atoms with Gasteiger partial charge in [-0.2, -0.15) is 0 Å². The van der Waals surface area contributed by atoms with Gasteiger partial charge in [0.2, 0.25) is 0 Å². The third-order valence-corrected chi connectivity index (χ3v) is 3.10. The lowest BCUT2D eigenvalue weighted by Gasteiger charge is -2.28. The molecule has 0 bridgehead atoms. The molecular formula is C15H21N3. The van der Waals surface area contributed by atoms with Gasteiger partial charge in [-0.25, -0.2) is 4.98 Å². The van der Waals surface area contributed by atoms with Gasteiger partial charge in [0.15, 0.2) is 0 Å². The van der Waals surface area contributed by atoms with Crippen LogP contribution in [0.25, 0.3) is 10.9 Å². The van der Waals surface area contributed by atoms with Gasteiger partial charge in [0, 0.05) is 18.0 Å². The zero-order chi connectivity index (χ0) is 13.0. The molecule has 2 rings (SSSR count). The zero-order valence-corrected chi connectivity index (χ0v) is 11.1. The Balaban J connectivity index is 2.32. The molecule has 18 heavy (non-hydrogen) atoms. The number of rotatable bonds is 5. The van der Waals surface area contributed by atoms with E-state index in [1.54, 1.807) is 0 Å². The Morgan fingerprint density at radius 3 is 2.67 bits per heavy atom. The molecule has 0 fully saturated rings. The largest absolute Gasteiger partial charge is 0.354 e. The second kappa shape index (κ2) is 5.83. The highest BCUT2D eigenvalue weighted by Gasteiger charge is 2.11. The SMILES string of the molecule is CC(C)N(CCCN)c1ccc2ccccc2n1. The van der Waals surface area contributed by atoms with Gasteiger partial charge in [-0.1, -0.05) is 18.2 Å². The van der Waals surface area contributed by atoms with Crippen LogP contribution in [0.2, 0.25) is 0 Å². The van der Waals surface area contributed by atoms with Crippen molar-refractivity contribution in [2.75, 3.05) is 18.0 Å². The van der Waals surface area contributed by atoms with Crippen molar-refractivity contribution in [2.24, 2.45) is 5.73 Å². The molecule has 0 saturated heterocycles. The van der Waals surface area contributed by atoms with E-state index >= 15 is 0 Å². The number of benzene rings is 1. The normalized spacial score (nSPS) is 11.1. The first kappa shape index (κ1) is 12.8. The smallest absolute Gasteiger partial charge is 0.129 e. The first-order chi connectivity index (χ1) is 8.72. The third kappa shape index (κ3) is 2.79. The molecule has 1 aromatic heterocycles. The van der Waals surface area contributed by atoms with Crippen molar-refractivity contribution in [3.8, 4) is 0 Å². The minimum atomic E-state index is 0.435. The van der Waals surface area contributed by atoms with E-state index in [0.29, 0.717) is 6.04 Å². The number of para-hydroxylation sites is 1. The molecule has 0 atom stereocenters. The molecule has 3 nitrogen and oxygen atoms in total. The molecular weight excluding hydrogens is 222 g/mol. The summed E-state index contributed by atoms with van der Waals surface area (Å²) in [6.07, 6.45) is 0.993. The van der Waals surface area contributed by atoms with Gasteiger partial charge >= 0.3 is 0 Å². The molecule has 2 N–H and O–H groups in total. The van der Waals surface area contributed by atoms with Crippen molar-refractivity contribution in [3.63, 3.8) is 0 Å². The second-order valence-electron chi connectivity index (χ2n) is 4.79. The monoisotopic (exact) mass is 243 g/mol. The summed E-state index contributed by atoms with van der Waals surface area (Å²) in [4.78, 5) is 7.04. The van der Waals surface area contributed by atoms with Crippen LogP contribution < -0.4 is 10.6 Å². The average Bonchev–Trinajstić information content (AvgIpc) is 2.38. The summed E-state index contributed by atoms with van der Waals surface area (Å²) in [5, 5.41) is 1.18. The Bertz CT molecular complexity index is 508. The van der Waals surface area contributed by atoms with Crippen molar-refractivity contribution in [2.45, 2.75) is 26.3 Å². The number of fused-ring (bicyclic) bond motifs is 1. The van der Waals surface area contributed by atoms with Crippen LogP contribution in [0.1, 0.15) is 20.3 Å². The minimum Gasteiger partial charge on any atom is -0.354 e. The van der Waals surface area contributed by atoms with Crippen molar-refractivity contribution in [1.29, 1.82) is 0 Å². The van der Waals surface area contributed by atoms with Crippen LogP contribution in [-0.2, 0) is 0 Å². The van der Waals surface area contributed by atoms with Gasteiger partial charge < -0.3 is 10.6 Å². The van der Waals surface area contributed by atoms with E-state index in [-0.39, 0.29) is 0 Å². The molecule has 0 saturated carbocycles. The maximum Gasteiger partial charge on any atom is 0.129 e. The summed E-state index contributed by atoms with van der Waals surface area (Å²) in [6.45, 7) is 6.05. The summed E-state index contributed by atoms with van der Waals surface area (Å²) in [6, 6.07) is 12.9. The van der Waals surface area contributed by atoms with Crippen LogP contribution in [0.4, 0.5) is 5.82 Å². The van der Waals surface area contributed by atoms with Gasteiger partial charge in [-0.05, 0) is 45.0 Å². The van der Waals surface area contributed by atoms with Crippen molar-refractivity contribution in [1.82, 2.24) is 4.98 Å². The molecule has 0 spiro atoms. The summed E-state index contributed by atoms with van der Waals surface area (Å²) >= 11 is 0. The lowest BCUT2D eigenvalue weighted by Crippen LogP contribution is -2.33. The molecule has 0 unspecified atom stereocenters. The van der Waals surface area contributed by atoms with Gasteiger partial charge in [0.1, 0.15) is 5.82 Å². The third-order valence-electron chi connectivity index (χ3n) is 3.10. The van der Waals surface area contributed by atoms with Crippen molar-refractivity contribution >= 4 is 16.7 Å². The highest BCUT2D eigenvalue weighted by atomic mass is 15.2. The van der Waals surface area contributed by atoms with Gasteiger partial charge in [0.05, 0.1) is 5.52 Å². The fraction of sp³-hybridized carbons (Fsp3) is 0.400. The molecule has 0 aliphatic rings. The average molecular weight is 243 g/mol. The van der Waals surface area contributed by atoms with E-state index < -0.39 is 0 Å². The Hall–Kier alpha value is -1.61. The molecule has 3 heteroatoms. The Kier molecular flexibility index (Phi) is 4.15. The number of anilines is 1. The molecule has 1 aromatic carbocycles. The molecule has 2 aromatic rings. The van der Waals surface area contributed by atoms with E-state index in [2.05, 4.69) is 43.0 Å². The van der Waals surface area contributed by atoms with E-state index in [9.17, 15) is 0 Å². The molecule has 0 radical (unpaired) electrons. The van der Waals surface area contributed by atoms with Gasteiger partial charge in [0.25, 0.3) is 0 Å². The Morgan fingerprint density at radius 2 is 1.94 bits per heavy atom. The highest BCUT2D eigenvalue weighted by Crippen LogP contribution is 2.19. The first-order valence-corrected chi connectivity index (χ1v) is 6.55. The summed E-state index contributed by atoms with van der Waals surface area (Å²) in [5.41, 5.74) is 6.65. The van der Waals surface area contributed by atoms with Gasteiger partial charge in [-0.15, -0.1) is 0 Å². The molecule has 0 amide bonds. The van der Waals surface area contributed by atoms with Crippen molar-refractivity contribution in [3.05, 3.63) is 36.4 Å². The van der Waals surface area contributed by atoms with E-state index in [4.69, 9.17) is 10.7 Å². The topological polar surface area (TPSA) is 42.1 Å². The van der Waals surface area contributed by atoms with Crippen LogP contribution in [0.5, 0.6) is 0 Å². The predicted octanol–water partition coefficient (Wildman–Crippen LogP) is 2.80. The number of pyridine rings is 1. The maximum atomic E-state index is 5.60. The Labute approximate surface area is 109 Å². The van der Waals surface area contributed by atoms with Crippen molar-refractivity contribution < 1.29 is 0 Å². The standard InChI is InChI=1S/C15H21N3/c1-12(2)18(11-5-10-16)15-9-8-13-6-3-4-7-14(13)17-15/h3-4,6-9,12H,5,10-11,16H2,1-2H3. The second-order valence-corrected chi connectivity index (χ2v) is 4.79. The van der Waals surface area contributed by atoms with E-state index in [1.165, 1.54) is 5.39 Å². The summed E-state index contributed by atoms with van der Waals surface area (Å²) in [5.74, 6) is 1.04. The quantitative estimate of drug-likeness (QED) is 0.878. The number of hydrogen-bond acceptors (Lipinski definition) is 3. The number of aromatic nitrogens is 1. The fourth-order valence-electron chi connectivity index (χ4n) is 2.11. The highest BCUT2D eigenvalue weighted by molar-refractivity contribution is 5.80. The van der Waals surface area contributed by atoms with Crippen LogP contribution in [0.3, 0.4) is 0 Å². The van der Waals surface area contributed by atoms with E-state index in [0.717, 1.165) is 30.8 Å². The summed E-state index contributed by atoms with van der Waals surface area (Å²) in [7, 11) is 0. The van der Waals surface area contributed by atoms with Crippen LogP contribution in [-0.4, -0.2) is 24.1 Å². The lowest BCUT2D eigenvalue weighted by molar-refractivity contribution is 0.650. The minimum absolute atomic E-state index is 0.435. The fourth-order valence-corrected chi connectivity index (χ4v) is 2.11. The predicted molar refractivity (Wildman–Crippen MR) is 77.9 cm³/mol. The number of nitrogens with two attached hydrogens (primary N) is 1. The maximum absolute atomic E-state index is 5.60. The summed E-state index contributed by atoms with van der Waals surface area (Å²) < 4.78 is 0. The van der Waals surface area contributed by atoms with E-state index in [1.807, 2.05) is 12.1 Å². The first-order valence-electron chi connectivity index (χ1n) is 6.55. The molecule has 96 valence electrons. The molecule has 1 heterocycles. The van der Waals surface area contributed by atoms with Gasteiger partial charge in [-0.3, -0.25) is 0 Å². The lowest BCUT2D eigenvalue weighted by atomic mass is 10.2. The molecule has 0 aliphatic heterocycles. The van der Waals surface area contributed by atoms with Crippen LogP contribution in [0.15, 0.2) is 36.4 Å². The molecule has 0 aliphatic carbocycles. The van der Waals surface area contributed by atoms with Crippen LogP contribution in [0, 0.1) is 0 Å². The Morgan fingerprint density at radius 1 is 1.17 bits per heavy atom. The van der Waals surface area contributed by atoms with Crippen LogP contribution >= 0.6 is 0 Å².